The van der Waals surface area contributed by atoms with Gasteiger partial charge in [-0.1, -0.05) is 36.4 Å². The highest BCUT2D eigenvalue weighted by Gasteiger charge is 2.06. The fraction of sp³-hybridized carbons (Fsp3) is 0.211. The second-order valence-corrected chi connectivity index (χ2v) is 5.37. The zero-order valence-electron chi connectivity index (χ0n) is 12.9. The lowest BCUT2D eigenvalue weighted by Crippen LogP contribution is -2.18. The molecule has 0 fully saturated rings. The largest absolute Gasteiger partial charge is 0.497 e. The third kappa shape index (κ3) is 3.26. The van der Waals surface area contributed by atoms with Gasteiger partial charge in [-0.25, -0.2) is 0 Å². The van der Waals surface area contributed by atoms with Crippen molar-refractivity contribution < 1.29 is 4.74 Å². The van der Waals surface area contributed by atoms with Crippen LogP contribution in [0, 0.1) is 0 Å². The number of nitrogens with zero attached hydrogens (tertiary/aromatic N) is 1. The van der Waals surface area contributed by atoms with Crippen molar-refractivity contribution >= 4 is 10.9 Å². The Kier molecular flexibility index (Phi) is 4.35. The summed E-state index contributed by atoms with van der Waals surface area (Å²) in [5, 5.41) is 4.69. The number of fused-ring (bicyclic) bond motifs is 1. The Labute approximate surface area is 131 Å². The van der Waals surface area contributed by atoms with E-state index in [4.69, 9.17) is 4.74 Å². The summed E-state index contributed by atoms with van der Waals surface area (Å²) < 4.78 is 5.28. The van der Waals surface area contributed by atoms with Crippen molar-refractivity contribution in [3.8, 4) is 5.75 Å². The van der Waals surface area contributed by atoms with Gasteiger partial charge in [0.25, 0.3) is 0 Å². The number of pyridine rings is 1. The van der Waals surface area contributed by atoms with Crippen molar-refractivity contribution in [2.24, 2.45) is 0 Å². The van der Waals surface area contributed by atoms with Crippen LogP contribution in [0.25, 0.3) is 10.9 Å². The van der Waals surface area contributed by atoms with E-state index in [9.17, 15) is 0 Å². The van der Waals surface area contributed by atoms with Crippen LogP contribution in [0.4, 0.5) is 0 Å². The Morgan fingerprint density at radius 1 is 1.05 bits per heavy atom. The minimum atomic E-state index is 0.239. The first-order chi connectivity index (χ1) is 10.8. The van der Waals surface area contributed by atoms with Gasteiger partial charge >= 0.3 is 0 Å². The first-order valence-electron chi connectivity index (χ1n) is 7.48. The normalized spacial score (nSPS) is 12.3. The molecule has 2 aromatic carbocycles. The standard InChI is InChI=1S/C19H20N2O/c1-14(16-7-5-8-18(12-16)22-2)20-13-17-11-10-15-6-3-4-9-19(15)21-17/h3-12,14,20H,13H2,1-2H3/t14-/m1/s1. The van der Waals surface area contributed by atoms with E-state index < -0.39 is 0 Å². The Hall–Kier alpha value is -2.39. The van der Waals surface area contributed by atoms with E-state index in [2.05, 4.69) is 47.6 Å². The van der Waals surface area contributed by atoms with Crippen LogP contribution in [0.5, 0.6) is 5.75 Å². The molecule has 0 saturated carbocycles. The summed E-state index contributed by atoms with van der Waals surface area (Å²) in [6.07, 6.45) is 0. The predicted molar refractivity (Wildman–Crippen MR) is 90.0 cm³/mol. The summed E-state index contributed by atoms with van der Waals surface area (Å²) in [7, 11) is 1.69. The van der Waals surface area contributed by atoms with Gasteiger partial charge < -0.3 is 10.1 Å². The number of nitrogens with one attached hydrogen (secondary N) is 1. The van der Waals surface area contributed by atoms with Crippen LogP contribution in [-0.4, -0.2) is 12.1 Å². The molecule has 3 rings (SSSR count). The van der Waals surface area contributed by atoms with Crippen LogP contribution >= 0.6 is 0 Å². The van der Waals surface area contributed by atoms with Gasteiger partial charge in [0.1, 0.15) is 5.75 Å². The van der Waals surface area contributed by atoms with Gasteiger partial charge in [-0.2, -0.15) is 0 Å². The van der Waals surface area contributed by atoms with E-state index in [-0.39, 0.29) is 6.04 Å². The van der Waals surface area contributed by atoms with Crippen molar-refractivity contribution in [1.82, 2.24) is 10.3 Å². The quantitative estimate of drug-likeness (QED) is 0.769. The van der Waals surface area contributed by atoms with Crippen LogP contribution in [0.15, 0.2) is 60.7 Å². The van der Waals surface area contributed by atoms with E-state index in [0.29, 0.717) is 0 Å². The van der Waals surface area contributed by atoms with Crippen LogP contribution in [0.2, 0.25) is 0 Å². The van der Waals surface area contributed by atoms with E-state index in [1.807, 2.05) is 30.3 Å². The summed E-state index contributed by atoms with van der Waals surface area (Å²) in [4.78, 5) is 4.69. The SMILES string of the molecule is COc1cccc([C@@H](C)NCc2ccc3ccccc3n2)c1. The van der Waals surface area contributed by atoms with Crippen molar-refractivity contribution in [2.75, 3.05) is 7.11 Å². The number of benzene rings is 2. The summed E-state index contributed by atoms with van der Waals surface area (Å²) in [5.74, 6) is 0.884. The van der Waals surface area contributed by atoms with Gasteiger partial charge in [0.05, 0.1) is 18.3 Å². The monoisotopic (exact) mass is 292 g/mol. The lowest BCUT2D eigenvalue weighted by Gasteiger charge is -2.15. The smallest absolute Gasteiger partial charge is 0.119 e. The van der Waals surface area contributed by atoms with Gasteiger partial charge in [0, 0.05) is 18.0 Å². The molecule has 0 bridgehead atoms. The zero-order chi connectivity index (χ0) is 15.4. The highest BCUT2D eigenvalue weighted by molar-refractivity contribution is 5.78. The molecule has 22 heavy (non-hydrogen) atoms. The second-order valence-electron chi connectivity index (χ2n) is 5.37. The highest BCUT2D eigenvalue weighted by Crippen LogP contribution is 2.19. The Bertz CT molecular complexity index is 770. The fourth-order valence-electron chi connectivity index (χ4n) is 2.49. The number of hydrogen-bond donors (Lipinski definition) is 1. The van der Waals surface area contributed by atoms with Gasteiger partial charge in [-0.15, -0.1) is 0 Å². The fourth-order valence-corrected chi connectivity index (χ4v) is 2.49. The topological polar surface area (TPSA) is 34.1 Å². The lowest BCUT2D eigenvalue weighted by molar-refractivity contribution is 0.413. The van der Waals surface area contributed by atoms with Crippen LogP contribution in [0.1, 0.15) is 24.2 Å². The van der Waals surface area contributed by atoms with Crippen LogP contribution in [0.3, 0.4) is 0 Å². The maximum absolute atomic E-state index is 5.28. The molecule has 0 radical (unpaired) electrons. The molecule has 3 aromatic rings. The third-order valence-electron chi connectivity index (χ3n) is 3.84. The minimum Gasteiger partial charge on any atom is -0.497 e. The van der Waals surface area contributed by atoms with E-state index >= 15 is 0 Å². The molecule has 1 atom stereocenters. The van der Waals surface area contributed by atoms with Crippen molar-refractivity contribution in [2.45, 2.75) is 19.5 Å². The van der Waals surface area contributed by atoms with Gasteiger partial charge in [0.2, 0.25) is 0 Å². The molecule has 0 unspecified atom stereocenters. The average molecular weight is 292 g/mol. The highest BCUT2D eigenvalue weighted by atomic mass is 16.5. The van der Waals surface area contributed by atoms with Crippen molar-refractivity contribution in [3.63, 3.8) is 0 Å². The molecule has 0 aliphatic rings. The molecule has 0 aliphatic carbocycles. The third-order valence-corrected chi connectivity index (χ3v) is 3.84. The minimum absolute atomic E-state index is 0.239. The molecule has 0 saturated heterocycles. The van der Waals surface area contributed by atoms with Gasteiger partial charge in [0.15, 0.2) is 0 Å². The molecular formula is C19H20N2O. The second kappa shape index (κ2) is 6.58. The maximum Gasteiger partial charge on any atom is 0.119 e. The first kappa shape index (κ1) is 14.5. The van der Waals surface area contributed by atoms with E-state index in [0.717, 1.165) is 23.5 Å². The zero-order valence-corrected chi connectivity index (χ0v) is 12.9. The molecule has 0 spiro atoms. The first-order valence-corrected chi connectivity index (χ1v) is 7.48. The molecule has 1 aromatic heterocycles. The Morgan fingerprint density at radius 3 is 2.77 bits per heavy atom. The number of aromatic nitrogens is 1. The Balaban J connectivity index is 1.70. The molecule has 3 nitrogen and oxygen atoms in total. The number of ether oxygens (including phenoxy) is 1. The molecule has 0 amide bonds. The van der Waals surface area contributed by atoms with E-state index in [1.54, 1.807) is 7.11 Å². The number of methoxy groups -OCH3 is 1. The van der Waals surface area contributed by atoms with Crippen molar-refractivity contribution in [3.05, 3.63) is 71.9 Å². The summed E-state index contributed by atoms with van der Waals surface area (Å²) >= 11 is 0. The average Bonchev–Trinajstić information content (AvgIpc) is 2.59. The summed E-state index contributed by atoms with van der Waals surface area (Å²) in [6, 6.07) is 20.8. The Morgan fingerprint density at radius 2 is 1.91 bits per heavy atom. The van der Waals surface area contributed by atoms with Gasteiger partial charge in [-0.3, -0.25) is 4.98 Å². The predicted octanol–water partition coefficient (Wildman–Crippen LogP) is 4.09. The van der Waals surface area contributed by atoms with Crippen molar-refractivity contribution in [1.29, 1.82) is 0 Å². The number of hydrogen-bond acceptors (Lipinski definition) is 3. The summed E-state index contributed by atoms with van der Waals surface area (Å²) in [5.41, 5.74) is 3.30. The maximum atomic E-state index is 5.28. The summed E-state index contributed by atoms with van der Waals surface area (Å²) in [6.45, 7) is 2.89. The number of para-hydroxylation sites is 1. The molecule has 3 heteroatoms. The van der Waals surface area contributed by atoms with Crippen LogP contribution < -0.4 is 10.1 Å². The van der Waals surface area contributed by atoms with Crippen LogP contribution in [-0.2, 0) is 6.54 Å². The molecular weight excluding hydrogens is 272 g/mol. The lowest BCUT2D eigenvalue weighted by atomic mass is 10.1. The molecule has 112 valence electrons. The molecule has 0 aliphatic heterocycles. The molecule has 1 N–H and O–H groups in total. The molecule has 1 heterocycles. The van der Waals surface area contributed by atoms with Gasteiger partial charge in [-0.05, 0) is 36.8 Å². The van der Waals surface area contributed by atoms with E-state index in [1.165, 1.54) is 10.9 Å². The number of rotatable bonds is 5.